The molecule has 2 N–H and O–H groups in total. The van der Waals surface area contributed by atoms with Crippen LogP contribution in [0.5, 0.6) is 0 Å². The van der Waals surface area contributed by atoms with Gasteiger partial charge in [0.25, 0.3) is 0 Å². The Labute approximate surface area is 270 Å². The van der Waals surface area contributed by atoms with Crippen LogP contribution in [-0.2, 0) is 28.5 Å². The lowest BCUT2D eigenvalue weighted by Gasteiger charge is -2.50. The quantitative estimate of drug-likeness (QED) is 0.0931. The fraction of sp³-hybridized carbons (Fsp3) is 0.771. The number of esters is 2. The lowest BCUT2D eigenvalue weighted by molar-refractivity contribution is -0.140. The zero-order valence-corrected chi connectivity index (χ0v) is 29.0. The van der Waals surface area contributed by atoms with Crippen molar-refractivity contribution in [3.05, 3.63) is 24.3 Å². The maximum Gasteiger partial charge on any atom is 0.407 e. The topological polar surface area (TPSA) is 129 Å². The third-order valence-corrected chi connectivity index (χ3v) is 8.84. The Kier molecular flexibility index (Phi) is 13.6. The van der Waals surface area contributed by atoms with Crippen molar-refractivity contribution in [2.75, 3.05) is 39.5 Å². The Morgan fingerprint density at radius 1 is 0.600 bits per heavy atom. The van der Waals surface area contributed by atoms with Crippen molar-refractivity contribution in [3.8, 4) is 0 Å². The summed E-state index contributed by atoms with van der Waals surface area (Å²) in [6, 6.07) is 0. The summed E-state index contributed by atoms with van der Waals surface area (Å²) in [5, 5.41) is 5.90. The molecule has 2 aliphatic carbocycles. The maximum absolute atomic E-state index is 12.4. The van der Waals surface area contributed by atoms with E-state index >= 15 is 0 Å². The highest BCUT2D eigenvalue weighted by molar-refractivity contribution is 5.87. The number of carbonyl (C=O) groups is 4. The van der Waals surface area contributed by atoms with Crippen LogP contribution < -0.4 is 10.6 Å². The Hall–Kier alpha value is -3.04. The molecule has 10 heteroatoms. The van der Waals surface area contributed by atoms with Crippen molar-refractivity contribution >= 4 is 24.1 Å². The molecule has 0 aromatic rings. The van der Waals surface area contributed by atoms with Gasteiger partial charge < -0.3 is 29.6 Å². The fourth-order valence-electron chi connectivity index (χ4n) is 8.23. The van der Waals surface area contributed by atoms with Crippen LogP contribution in [0.3, 0.4) is 0 Å². The highest BCUT2D eigenvalue weighted by Gasteiger charge is 2.45. The first-order chi connectivity index (χ1) is 20.7. The third kappa shape index (κ3) is 13.9. The van der Waals surface area contributed by atoms with E-state index in [0.717, 1.165) is 44.9 Å². The number of alkyl carbamates (subject to hydrolysis) is 2. The van der Waals surface area contributed by atoms with Crippen LogP contribution in [0.4, 0.5) is 9.59 Å². The van der Waals surface area contributed by atoms with Gasteiger partial charge in [-0.05, 0) is 92.3 Å². The SMILES string of the molecule is C=C(C)C(=O)OCCOC(=O)NCC1(C)CC(CC2CC(C)(C)CC(C)(CNC(=O)OCCOC(=O)C(=C)C)C2)CC(C)(C)C1. The number of carbonyl (C=O) groups excluding carboxylic acids is 4. The molecule has 2 fully saturated rings. The maximum atomic E-state index is 12.4. The van der Waals surface area contributed by atoms with Gasteiger partial charge in [0.05, 0.1) is 0 Å². The molecule has 0 heterocycles. The summed E-state index contributed by atoms with van der Waals surface area (Å²) in [6.07, 6.45) is 6.39. The second-order valence-electron chi connectivity index (χ2n) is 15.9. The van der Waals surface area contributed by atoms with E-state index in [1.54, 1.807) is 13.8 Å². The van der Waals surface area contributed by atoms with Crippen LogP contribution in [0, 0.1) is 33.5 Å². The molecule has 0 spiro atoms. The highest BCUT2D eigenvalue weighted by atomic mass is 16.6. The Bertz CT molecular complexity index is 1020. The van der Waals surface area contributed by atoms with E-state index in [0.29, 0.717) is 36.1 Å². The molecule has 0 aromatic heterocycles. The summed E-state index contributed by atoms with van der Waals surface area (Å²) >= 11 is 0. The van der Waals surface area contributed by atoms with Gasteiger partial charge in [0.1, 0.15) is 26.4 Å². The van der Waals surface area contributed by atoms with Crippen LogP contribution in [-0.4, -0.2) is 63.6 Å². The number of hydrogen-bond donors (Lipinski definition) is 2. The van der Waals surface area contributed by atoms with Crippen LogP contribution in [0.25, 0.3) is 0 Å². The molecule has 10 nitrogen and oxygen atoms in total. The van der Waals surface area contributed by atoms with Gasteiger partial charge in [-0.2, -0.15) is 0 Å². The third-order valence-electron chi connectivity index (χ3n) is 8.84. The molecule has 4 unspecified atom stereocenters. The summed E-state index contributed by atoms with van der Waals surface area (Å²) in [6.45, 7) is 25.0. The van der Waals surface area contributed by atoms with Gasteiger partial charge in [-0.15, -0.1) is 0 Å². The van der Waals surface area contributed by atoms with E-state index in [1.165, 1.54) is 0 Å². The predicted octanol–water partition coefficient (Wildman–Crippen LogP) is 6.73. The molecule has 0 radical (unpaired) electrons. The van der Waals surface area contributed by atoms with Crippen molar-refractivity contribution in [2.24, 2.45) is 33.5 Å². The van der Waals surface area contributed by atoms with E-state index < -0.39 is 24.1 Å². The molecule has 45 heavy (non-hydrogen) atoms. The van der Waals surface area contributed by atoms with E-state index in [9.17, 15) is 19.2 Å². The number of rotatable bonds is 14. The first kappa shape index (κ1) is 38.1. The summed E-state index contributed by atoms with van der Waals surface area (Å²) in [7, 11) is 0. The molecule has 0 aliphatic heterocycles. The second kappa shape index (κ2) is 16.0. The summed E-state index contributed by atoms with van der Waals surface area (Å²) in [4.78, 5) is 47.8. The smallest absolute Gasteiger partial charge is 0.407 e. The molecule has 2 saturated carbocycles. The lowest BCUT2D eigenvalue weighted by Crippen LogP contribution is -2.46. The van der Waals surface area contributed by atoms with Crippen molar-refractivity contribution in [1.82, 2.24) is 10.6 Å². The number of amides is 2. The van der Waals surface area contributed by atoms with Gasteiger partial charge in [0.2, 0.25) is 0 Å². The van der Waals surface area contributed by atoms with Crippen molar-refractivity contribution in [3.63, 3.8) is 0 Å². The standard InChI is InChI=1S/C35H58N2O8/c1-24(2)28(38)42-11-13-44-30(40)36-22-34(9)18-26(16-32(5,6)20-34)15-27-17-33(7,8)21-35(10,19-27)23-37-31(41)45-14-12-43-29(39)25(3)4/h26-27H,1,3,11-23H2,2,4-10H3,(H,36,40)(H,37,41). The van der Waals surface area contributed by atoms with Crippen LogP contribution in [0.1, 0.15) is 100 Å². The highest BCUT2D eigenvalue weighted by Crippen LogP contribution is 2.54. The number of hydrogen-bond acceptors (Lipinski definition) is 8. The predicted molar refractivity (Wildman–Crippen MR) is 173 cm³/mol. The van der Waals surface area contributed by atoms with Crippen molar-refractivity contribution < 1.29 is 38.1 Å². The minimum atomic E-state index is -0.508. The van der Waals surface area contributed by atoms with Gasteiger partial charge in [0.15, 0.2) is 0 Å². The molecule has 4 atom stereocenters. The van der Waals surface area contributed by atoms with Crippen LogP contribution >= 0.6 is 0 Å². The largest absolute Gasteiger partial charge is 0.459 e. The van der Waals surface area contributed by atoms with Crippen molar-refractivity contribution in [2.45, 2.75) is 100 Å². The van der Waals surface area contributed by atoms with Crippen LogP contribution in [0.2, 0.25) is 0 Å². The number of nitrogens with one attached hydrogen (secondary N) is 2. The molecule has 0 saturated heterocycles. The summed E-state index contributed by atoms with van der Waals surface area (Å²) < 4.78 is 20.4. The van der Waals surface area contributed by atoms with Gasteiger partial charge in [-0.1, -0.05) is 54.7 Å². The summed E-state index contributed by atoms with van der Waals surface area (Å²) in [5.41, 5.74) is 0.730. The van der Waals surface area contributed by atoms with Crippen molar-refractivity contribution in [1.29, 1.82) is 0 Å². The van der Waals surface area contributed by atoms with Gasteiger partial charge in [-0.25, -0.2) is 19.2 Å². The lowest BCUT2D eigenvalue weighted by atomic mass is 9.56. The Morgan fingerprint density at radius 3 is 1.27 bits per heavy atom. The van der Waals surface area contributed by atoms with Gasteiger partial charge in [-0.3, -0.25) is 0 Å². The monoisotopic (exact) mass is 634 g/mol. The molecular formula is C35H58N2O8. The molecule has 0 bridgehead atoms. The van der Waals surface area contributed by atoms with E-state index in [-0.39, 0.29) is 48.1 Å². The Morgan fingerprint density at radius 2 is 0.933 bits per heavy atom. The molecule has 256 valence electrons. The van der Waals surface area contributed by atoms with Gasteiger partial charge in [0, 0.05) is 24.2 Å². The van der Waals surface area contributed by atoms with Crippen LogP contribution in [0.15, 0.2) is 24.3 Å². The second-order valence-corrected chi connectivity index (χ2v) is 15.9. The molecule has 2 amide bonds. The first-order valence-electron chi connectivity index (χ1n) is 16.2. The zero-order chi connectivity index (χ0) is 34.1. The Balaban J connectivity index is 1.90. The summed E-state index contributed by atoms with van der Waals surface area (Å²) in [5.74, 6) is 0.0265. The fourth-order valence-corrected chi connectivity index (χ4v) is 8.23. The zero-order valence-electron chi connectivity index (χ0n) is 29.0. The number of ether oxygens (including phenoxy) is 4. The van der Waals surface area contributed by atoms with E-state index in [1.807, 2.05) is 0 Å². The molecule has 2 aliphatic rings. The molecule has 2 rings (SSSR count). The van der Waals surface area contributed by atoms with E-state index in [2.05, 4.69) is 65.3 Å². The molecule has 0 aromatic carbocycles. The minimum absolute atomic E-state index is 0.00812. The average Bonchev–Trinajstić information content (AvgIpc) is 2.88. The molecular weight excluding hydrogens is 576 g/mol. The minimum Gasteiger partial charge on any atom is -0.459 e. The van der Waals surface area contributed by atoms with E-state index in [4.69, 9.17) is 18.9 Å². The first-order valence-corrected chi connectivity index (χ1v) is 16.2. The normalized spacial score (nSPS) is 26.9. The van der Waals surface area contributed by atoms with Gasteiger partial charge >= 0.3 is 24.1 Å². The average molecular weight is 635 g/mol.